The quantitative estimate of drug-likeness (QED) is 0.518. The second kappa shape index (κ2) is 5.71. The first-order chi connectivity index (χ1) is 9.94. The first kappa shape index (κ1) is 14.7. The zero-order valence-corrected chi connectivity index (χ0v) is 11.4. The number of carbonyl (C=O) groups is 1. The van der Waals surface area contributed by atoms with Crippen molar-refractivity contribution in [3.8, 4) is 0 Å². The fraction of sp³-hybridized carbons (Fsp3) is 0. The molecule has 8 heteroatoms. The largest absolute Gasteiger partial charge is 0.298 e. The van der Waals surface area contributed by atoms with Crippen molar-refractivity contribution < 1.29 is 18.1 Å². The van der Waals surface area contributed by atoms with E-state index in [0.717, 1.165) is 12.1 Å². The Kier molecular flexibility index (Phi) is 3.99. The molecule has 2 aromatic carbocycles. The number of carbonyl (C=O) groups excluding carboxylic acids is 1. The number of sulfonamides is 1. The van der Waals surface area contributed by atoms with Gasteiger partial charge in [-0.15, -0.1) is 0 Å². The number of rotatable bonds is 5. The minimum absolute atomic E-state index is 0.151. The number of nitrogens with zero attached hydrogens (tertiary/aromatic N) is 1. The fourth-order valence-electron chi connectivity index (χ4n) is 1.72. The topological polar surface area (TPSA) is 106 Å². The van der Waals surface area contributed by atoms with E-state index >= 15 is 0 Å². The van der Waals surface area contributed by atoms with Crippen LogP contribution in [0.15, 0.2) is 53.4 Å². The SMILES string of the molecule is O=Cc1cccc(NS(=O)(=O)c2ccccc2[N+](=O)[O-])c1. The van der Waals surface area contributed by atoms with Crippen molar-refractivity contribution in [2.75, 3.05) is 4.72 Å². The van der Waals surface area contributed by atoms with Crippen molar-refractivity contribution in [1.29, 1.82) is 0 Å². The van der Waals surface area contributed by atoms with Crippen molar-refractivity contribution in [2.45, 2.75) is 4.90 Å². The van der Waals surface area contributed by atoms with E-state index in [-0.39, 0.29) is 11.3 Å². The van der Waals surface area contributed by atoms with Gasteiger partial charge >= 0.3 is 0 Å². The third-order valence-corrected chi connectivity index (χ3v) is 4.06. The van der Waals surface area contributed by atoms with Crippen LogP contribution < -0.4 is 4.72 Å². The zero-order valence-electron chi connectivity index (χ0n) is 10.6. The van der Waals surface area contributed by atoms with Crippen LogP contribution in [0.1, 0.15) is 10.4 Å². The smallest absolute Gasteiger partial charge is 0.289 e. The third kappa shape index (κ3) is 3.23. The molecule has 0 radical (unpaired) electrons. The van der Waals surface area contributed by atoms with E-state index in [1.165, 1.54) is 36.4 Å². The molecular formula is C13H10N2O5S. The number of nitrogens with one attached hydrogen (secondary N) is 1. The summed E-state index contributed by atoms with van der Waals surface area (Å²) in [6.07, 6.45) is 0.572. The van der Waals surface area contributed by atoms with Crippen molar-refractivity contribution in [1.82, 2.24) is 0 Å². The monoisotopic (exact) mass is 306 g/mol. The molecule has 0 saturated heterocycles. The molecule has 21 heavy (non-hydrogen) atoms. The highest BCUT2D eigenvalue weighted by molar-refractivity contribution is 7.92. The average molecular weight is 306 g/mol. The normalized spacial score (nSPS) is 10.9. The first-order valence-electron chi connectivity index (χ1n) is 5.75. The molecule has 0 atom stereocenters. The molecule has 2 aromatic rings. The summed E-state index contributed by atoms with van der Waals surface area (Å²) < 4.78 is 26.7. The highest BCUT2D eigenvalue weighted by Crippen LogP contribution is 2.25. The number of para-hydroxylation sites is 1. The van der Waals surface area contributed by atoms with Crippen molar-refractivity contribution >= 4 is 27.7 Å². The molecule has 0 fully saturated rings. The molecule has 0 aliphatic rings. The van der Waals surface area contributed by atoms with Crippen LogP contribution in [-0.2, 0) is 10.0 Å². The van der Waals surface area contributed by atoms with Gasteiger partial charge in [-0.2, -0.15) is 0 Å². The molecule has 7 nitrogen and oxygen atoms in total. The van der Waals surface area contributed by atoms with Crippen LogP contribution in [0.25, 0.3) is 0 Å². The standard InChI is InChI=1S/C13H10N2O5S/c16-9-10-4-3-5-11(8-10)14-21(19,20)13-7-2-1-6-12(13)15(17)18/h1-9,14H. The molecule has 0 aliphatic carbocycles. The second-order valence-corrected chi connectivity index (χ2v) is 5.72. The third-order valence-electron chi connectivity index (χ3n) is 2.63. The lowest BCUT2D eigenvalue weighted by Crippen LogP contribution is -2.14. The average Bonchev–Trinajstić information content (AvgIpc) is 2.47. The Labute approximate surface area is 120 Å². The minimum Gasteiger partial charge on any atom is -0.298 e. The number of benzene rings is 2. The van der Waals surface area contributed by atoms with E-state index < -0.39 is 25.5 Å². The fourth-order valence-corrected chi connectivity index (χ4v) is 2.94. The number of anilines is 1. The van der Waals surface area contributed by atoms with Gasteiger partial charge in [0.05, 0.1) is 4.92 Å². The van der Waals surface area contributed by atoms with Crippen molar-refractivity contribution in [3.63, 3.8) is 0 Å². The van der Waals surface area contributed by atoms with Crippen LogP contribution in [0.2, 0.25) is 0 Å². The van der Waals surface area contributed by atoms with Crippen LogP contribution in [-0.4, -0.2) is 19.6 Å². The van der Waals surface area contributed by atoms with Crippen LogP contribution in [0.4, 0.5) is 11.4 Å². The van der Waals surface area contributed by atoms with Gasteiger partial charge in [-0.25, -0.2) is 8.42 Å². The van der Waals surface area contributed by atoms with Crippen LogP contribution in [0.5, 0.6) is 0 Å². The molecule has 0 spiro atoms. The highest BCUT2D eigenvalue weighted by atomic mass is 32.2. The van der Waals surface area contributed by atoms with E-state index in [4.69, 9.17) is 0 Å². The molecule has 0 amide bonds. The summed E-state index contributed by atoms with van der Waals surface area (Å²) in [5, 5.41) is 10.9. The summed E-state index contributed by atoms with van der Waals surface area (Å²) in [5.41, 5.74) is -0.0768. The Balaban J connectivity index is 2.43. The van der Waals surface area contributed by atoms with Crippen molar-refractivity contribution in [3.05, 3.63) is 64.2 Å². The van der Waals surface area contributed by atoms with Gasteiger partial charge in [0.2, 0.25) is 0 Å². The molecule has 0 saturated carbocycles. The van der Waals surface area contributed by atoms with E-state index in [0.29, 0.717) is 6.29 Å². The number of aldehydes is 1. The summed E-state index contributed by atoms with van der Waals surface area (Å²) in [6, 6.07) is 10.8. The molecular weight excluding hydrogens is 296 g/mol. The van der Waals surface area contributed by atoms with Gasteiger partial charge in [0.25, 0.3) is 15.7 Å². The minimum atomic E-state index is -4.12. The summed E-state index contributed by atoms with van der Waals surface area (Å²) in [7, 11) is -4.12. The number of nitro benzene ring substituents is 1. The summed E-state index contributed by atoms with van der Waals surface area (Å²) in [4.78, 5) is 20.4. The van der Waals surface area contributed by atoms with Gasteiger partial charge in [-0.1, -0.05) is 24.3 Å². The maximum Gasteiger partial charge on any atom is 0.289 e. The molecule has 0 heterocycles. The zero-order chi connectivity index (χ0) is 15.5. The second-order valence-electron chi connectivity index (χ2n) is 4.07. The van der Waals surface area contributed by atoms with E-state index in [1.807, 2.05) is 0 Å². The van der Waals surface area contributed by atoms with Gasteiger partial charge in [0, 0.05) is 17.3 Å². The molecule has 0 bridgehead atoms. The maximum atomic E-state index is 12.2. The van der Waals surface area contributed by atoms with Gasteiger partial charge in [0.15, 0.2) is 4.90 Å². The predicted molar refractivity (Wildman–Crippen MR) is 75.7 cm³/mol. The molecule has 1 N–H and O–H groups in total. The highest BCUT2D eigenvalue weighted by Gasteiger charge is 2.25. The van der Waals surface area contributed by atoms with E-state index in [2.05, 4.69) is 4.72 Å². The number of hydrogen-bond acceptors (Lipinski definition) is 5. The Morgan fingerprint density at radius 3 is 2.48 bits per heavy atom. The van der Waals surface area contributed by atoms with E-state index in [1.54, 1.807) is 0 Å². The maximum absolute atomic E-state index is 12.2. The lowest BCUT2D eigenvalue weighted by atomic mass is 10.2. The van der Waals surface area contributed by atoms with Gasteiger partial charge in [-0.3, -0.25) is 19.6 Å². The predicted octanol–water partition coefficient (Wildman–Crippen LogP) is 2.21. The molecule has 0 aliphatic heterocycles. The molecule has 0 unspecified atom stereocenters. The van der Waals surface area contributed by atoms with Gasteiger partial charge in [-0.05, 0) is 18.2 Å². The number of hydrogen-bond donors (Lipinski definition) is 1. The Hall–Kier alpha value is -2.74. The Morgan fingerprint density at radius 1 is 1.10 bits per heavy atom. The molecule has 108 valence electrons. The van der Waals surface area contributed by atoms with Crippen LogP contribution >= 0.6 is 0 Å². The lowest BCUT2D eigenvalue weighted by molar-refractivity contribution is -0.387. The van der Waals surface area contributed by atoms with Gasteiger partial charge in [0.1, 0.15) is 6.29 Å². The summed E-state index contributed by atoms with van der Waals surface area (Å²) in [6.45, 7) is 0. The summed E-state index contributed by atoms with van der Waals surface area (Å²) >= 11 is 0. The Bertz CT molecular complexity index is 802. The van der Waals surface area contributed by atoms with Crippen LogP contribution in [0.3, 0.4) is 0 Å². The Morgan fingerprint density at radius 2 is 1.81 bits per heavy atom. The van der Waals surface area contributed by atoms with E-state index in [9.17, 15) is 23.3 Å². The summed E-state index contributed by atoms with van der Waals surface area (Å²) in [5.74, 6) is 0. The first-order valence-corrected chi connectivity index (χ1v) is 7.24. The lowest BCUT2D eigenvalue weighted by Gasteiger charge is -2.08. The van der Waals surface area contributed by atoms with Crippen LogP contribution in [0, 0.1) is 10.1 Å². The van der Waals surface area contributed by atoms with Crippen molar-refractivity contribution in [2.24, 2.45) is 0 Å². The number of nitro groups is 1. The molecule has 0 aromatic heterocycles. The van der Waals surface area contributed by atoms with Gasteiger partial charge < -0.3 is 0 Å². The molecule has 2 rings (SSSR count).